The Morgan fingerprint density at radius 3 is 2.19 bits per heavy atom. The Morgan fingerprint density at radius 1 is 1.05 bits per heavy atom. The topological polar surface area (TPSA) is 46.5 Å². The van der Waals surface area contributed by atoms with Crippen molar-refractivity contribution in [3.8, 4) is 5.75 Å². The van der Waals surface area contributed by atoms with Crippen molar-refractivity contribution in [2.24, 2.45) is 0 Å². The number of carboxylic acid groups (broad SMARTS) is 1. The third-order valence-corrected chi connectivity index (χ3v) is 3.52. The Morgan fingerprint density at radius 2 is 1.62 bits per heavy atom. The second-order valence-corrected chi connectivity index (χ2v) is 5.53. The van der Waals surface area contributed by atoms with Gasteiger partial charge in [0.25, 0.3) is 0 Å². The van der Waals surface area contributed by atoms with E-state index in [1.165, 1.54) is 0 Å². The fourth-order valence-electron chi connectivity index (χ4n) is 1.76. The van der Waals surface area contributed by atoms with E-state index in [9.17, 15) is 4.79 Å². The summed E-state index contributed by atoms with van der Waals surface area (Å²) in [6, 6.07) is 14.7. The van der Waals surface area contributed by atoms with Crippen LogP contribution in [0.4, 0.5) is 0 Å². The molecule has 0 bridgehead atoms. The van der Waals surface area contributed by atoms with E-state index in [1.54, 1.807) is 12.1 Å². The van der Waals surface area contributed by atoms with Gasteiger partial charge in [0.1, 0.15) is 17.7 Å². The molecule has 0 aliphatic carbocycles. The van der Waals surface area contributed by atoms with Crippen LogP contribution in [-0.4, -0.2) is 16.5 Å². The van der Waals surface area contributed by atoms with Crippen molar-refractivity contribution in [1.82, 2.24) is 0 Å². The first-order valence-electron chi connectivity index (χ1n) is 6.37. The monoisotopic (exact) mass is 324 g/mol. The van der Waals surface area contributed by atoms with Gasteiger partial charge in [0.2, 0.25) is 0 Å². The summed E-state index contributed by atoms with van der Waals surface area (Å²) in [5.74, 6) is -0.296. The molecule has 2 aromatic rings. The molecule has 0 saturated heterocycles. The standard InChI is InChI=1S/C16H14Cl2O3/c17-13-5-1-12(2-6-13)10-21-14-7-3-11(4-8-14)9-15(18)16(19)20/h1-8,15H,9-10H2,(H,19,20). The highest BCUT2D eigenvalue weighted by atomic mass is 35.5. The number of hydrogen-bond acceptors (Lipinski definition) is 2. The van der Waals surface area contributed by atoms with Gasteiger partial charge in [-0.2, -0.15) is 0 Å². The van der Waals surface area contributed by atoms with Crippen LogP contribution >= 0.6 is 23.2 Å². The molecule has 0 fully saturated rings. The number of carbonyl (C=O) groups is 1. The summed E-state index contributed by atoms with van der Waals surface area (Å²) in [7, 11) is 0. The molecule has 1 unspecified atom stereocenters. The van der Waals surface area contributed by atoms with Crippen molar-refractivity contribution >= 4 is 29.2 Å². The summed E-state index contributed by atoms with van der Waals surface area (Å²) in [5.41, 5.74) is 1.88. The largest absolute Gasteiger partial charge is 0.489 e. The minimum absolute atomic E-state index is 0.286. The number of alkyl halides is 1. The zero-order chi connectivity index (χ0) is 15.2. The van der Waals surface area contributed by atoms with Crippen LogP contribution in [0.3, 0.4) is 0 Å². The maximum absolute atomic E-state index is 10.7. The summed E-state index contributed by atoms with van der Waals surface area (Å²) in [4.78, 5) is 10.7. The lowest BCUT2D eigenvalue weighted by atomic mass is 10.1. The molecule has 21 heavy (non-hydrogen) atoms. The van der Waals surface area contributed by atoms with Crippen molar-refractivity contribution in [2.45, 2.75) is 18.4 Å². The van der Waals surface area contributed by atoms with E-state index in [4.69, 9.17) is 33.0 Å². The Labute approximate surface area is 133 Å². The SMILES string of the molecule is O=C(O)C(Cl)Cc1ccc(OCc2ccc(Cl)cc2)cc1. The average Bonchev–Trinajstić information content (AvgIpc) is 2.48. The van der Waals surface area contributed by atoms with Crippen LogP contribution in [0.2, 0.25) is 5.02 Å². The molecule has 5 heteroatoms. The van der Waals surface area contributed by atoms with Gasteiger partial charge in [0, 0.05) is 5.02 Å². The van der Waals surface area contributed by atoms with Gasteiger partial charge in [0.15, 0.2) is 0 Å². The van der Waals surface area contributed by atoms with Gasteiger partial charge in [-0.05, 0) is 41.8 Å². The van der Waals surface area contributed by atoms with Crippen LogP contribution in [0, 0.1) is 0 Å². The highest BCUT2D eigenvalue weighted by molar-refractivity contribution is 6.30. The van der Waals surface area contributed by atoms with Gasteiger partial charge in [-0.15, -0.1) is 11.6 Å². The smallest absolute Gasteiger partial charge is 0.321 e. The third kappa shape index (κ3) is 4.96. The molecule has 0 aliphatic heterocycles. The molecule has 0 radical (unpaired) electrons. The summed E-state index contributed by atoms with van der Waals surface area (Å²) in [5, 5.41) is 8.54. The number of ether oxygens (including phenoxy) is 1. The number of benzene rings is 2. The van der Waals surface area contributed by atoms with Gasteiger partial charge in [-0.1, -0.05) is 35.9 Å². The minimum Gasteiger partial charge on any atom is -0.489 e. The first-order chi connectivity index (χ1) is 10.0. The number of aliphatic carboxylic acids is 1. The molecular weight excluding hydrogens is 311 g/mol. The summed E-state index contributed by atoms with van der Waals surface area (Å²) in [6.07, 6.45) is 0.286. The maximum Gasteiger partial charge on any atom is 0.321 e. The molecule has 2 rings (SSSR count). The highest BCUT2D eigenvalue weighted by Gasteiger charge is 2.13. The van der Waals surface area contributed by atoms with Gasteiger partial charge in [0.05, 0.1) is 0 Å². The minimum atomic E-state index is -1.01. The zero-order valence-electron chi connectivity index (χ0n) is 11.1. The second kappa shape index (κ2) is 7.34. The van der Waals surface area contributed by atoms with E-state index in [0.717, 1.165) is 16.9 Å². The van der Waals surface area contributed by atoms with Gasteiger partial charge in [-0.3, -0.25) is 4.79 Å². The normalized spacial score (nSPS) is 11.9. The third-order valence-electron chi connectivity index (χ3n) is 2.92. The molecule has 0 saturated carbocycles. The predicted octanol–water partition coefficient (Wildman–Crippen LogP) is 4.15. The lowest BCUT2D eigenvalue weighted by molar-refractivity contribution is -0.136. The molecule has 110 valence electrons. The fraction of sp³-hybridized carbons (Fsp3) is 0.188. The van der Waals surface area contributed by atoms with Crippen molar-refractivity contribution in [2.75, 3.05) is 0 Å². The molecule has 0 heterocycles. The average molecular weight is 325 g/mol. The van der Waals surface area contributed by atoms with E-state index >= 15 is 0 Å². The zero-order valence-corrected chi connectivity index (χ0v) is 12.6. The van der Waals surface area contributed by atoms with Crippen LogP contribution in [0.25, 0.3) is 0 Å². The molecule has 0 aliphatic rings. The lowest BCUT2D eigenvalue weighted by Gasteiger charge is -2.08. The molecule has 0 spiro atoms. The molecule has 0 aromatic heterocycles. The van der Waals surface area contributed by atoms with Crippen molar-refractivity contribution < 1.29 is 14.6 Å². The van der Waals surface area contributed by atoms with Gasteiger partial charge < -0.3 is 9.84 Å². The Bertz CT molecular complexity index is 594. The quantitative estimate of drug-likeness (QED) is 0.812. The van der Waals surface area contributed by atoms with Crippen molar-refractivity contribution in [1.29, 1.82) is 0 Å². The van der Waals surface area contributed by atoms with Gasteiger partial charge >= 0.3 is 5.97 Å². The van der Waals surface area contributed by atoms with Crippen LogP contribution in [-0.2, 0) is 17.8 Å². The molecule has 1 atom stereocenters. The van der Waals surface area contributed by atoms with E-state index in [0.29, 0.717) is 11.6 Å². The Balaban J connectivity index is 1.90. The summed E-state index contributed by atoms with van der Waals surface area (Å²) >= 11 is 11.5. The number of carboxylic acids is 1. The Kier molecular flexibility index (Phi) is 5.48. The Hall–Kier alpha value is -1.71. The molecular formula is C16H14Cl2O3. The van der Waals surface area contributed by atoms with Crippen LogP contribution in [0.1, 0.15) is 11.1 Å². The lowest BCUT2D eigenvalue weighted by Crippen LogP contribution is -2.15. The second-order valence-electron chi connectivity index (χ2n) is 4.57. The molecule has 0 amide bonds. The predicted molar refractivity (Wildman–Crippen MR) is 83.2 cm³/mol. The summed E-state index contributed by atoms with van der Waals surface area (Å²) in [6.45, 7) is 0.448. The summed E-state index contributed by atoms with van der Waals surface area (Å²) < 4.78 is 5.65. The fourth-order valence-corrected chi connectivity index (χ4v) is 2.07. The number of halogens is 2. The maximum atomic E-state index is 10.7. The van der Waals surface area contributed by atoms with Crippen LogP contribution < -0.4 is 4.74 Å². The van der Waals surface area contributed by atoms with E-state index in [-0.39, 0.29) is 6.42 Å². The van der Waals surface area contributed by atoms with Crippen molar-refractivity contribution in [3.05, 3.63) is 64.7 Å². The first kappa shape index (κ1) is 15.7. The highest BCUT2D eigenvalue weighted by Crippen LogP contribution is 2.17. The van der Waals surface area contributed by atoms with E-state index in [2.05, 4.69) is 0 Å². The van der Waals surface area contributed by atoms with Crippen LogP contribution in [0.5, 0.6) is 5.75 Å². The molecule has 1 N–H and O–H groups in total. The van der Waals surface area contributed by atoms with E-state index in [1.807, 2.05) is 36.4 Å². The molecule has 2 aromatic carbocycles. The van der Waals surface area contributed by atoms with Gasteiger partial charge in [-0.25, -0.2) is 0 Å². The number of rotatable bonds is 6. The first-order valence-corrected chi connectivity index (χ1v) is 7.19. The molecule has 3 nitrogen and oxygen atoms in total. The van der Waals surface area contributed by atoms with E-state index < -0.39 is 11.3 Å². The number of hydrogen-bond donors (Lipinski definition) is 1. The van der Waals surface area contributed by atoms with Crippen LogP contribution in [0.15, 0.2) is 48.5 Å². The van der Waals surface area contributed by atoms with Crippen molar-refractivity contribution in [3.63, 3.8) is 0 Å².